The van der Waals surface area contributed by atoms with Gasteiger partial charge in [0.05, 0.1) is 16.9 Å². The minimum atomic E-state index is -0.148. The van der Waals surface area contributed by atoms with E-state index in [-0.39, 0.29) is 17.4 Å². The smallest absolute Gasteiger partial charge is 0.256 e. The summed E-state index contributed by atoms with van der Waals surface area (Å²) in [5, 5.41) is 4.25. The zero-order chi connectivity index (χ0) is 18.8. The van der Waals surface area contributed by atoms with E-state index < -0.39 is 0 Å². The van der Waals surface area contributed by atoms with E-state index in [0.717, 1.165) is 24.2 Å². The number of aromatic nitrogens is 4. The Morgan fingerprint density at radius 3 is 2.89 bits per heavy atom. The van der Waals surface area contributed by atoms with Gasteiger partial charge in [-0.3, -0.25) is 9.59 Å². The Bertz CT molecular complexity index is 1010. The molecule has 1 amide bonds. The van der Waals surface area contributed by atoms with Gasteiger partial charge in [-0.25, -0.2) is 9.67 Å². The van der Waals surface area contributed by atoms with Gasteiger partial charge in [0.25, 0.3) is 11.5 Å². The lowest BCUT2D eigenvalue weighted by Crippen LogP contribution is -2.40. The molecule has 1 aromatic carbocycles. The number of hydrogen-bond donors (Lipinski definition) is 1. The molecule has 4 rings (SSSR count). The highest BCUT2D eigenvalue weighted by Crippen LogP contribution is 2.27. The third-order valence-corrected chi connectivity index (χ3v) is 4.89. The van der Waals surface area contributed by atoms with Crippen LogP contribution in [-0.2, 0) is 0 Å². The Hall–Kier alpha value is -3.22. The van der Waals surface area contributed by atoms with Crippen LogP contribution in [0.2, 0.25) is 0 Å². The predicted molar refractivity (Wildman–Crippen MR) is 101 cm³/mol. The maximum atomic E-state index is 13.2. The molecule has 1 atom stereocenters. The van der Waals surface area contributed by atoms with E-state index in [1.54, 1.807) is 23.9 Å². The van der Waals surface area contributed by atoms with E-state index in [4.69, 9.17) is 0 Å². The standard InChI is InChI=1S/C20H21N5O2/c1-14-22-17(12-19(26)23-14)15-6-4-10-24(13-15)20(27)16-7-2-3-8-18(16)25-11-5-9-21-25/h2-3,5,7-9,11-12,15H,4,6,10,13H2,1H3,(H,22,23,26)/t15-/m0/s1. The molecule has 1 aliphatic rings. The van der Waals surface area contributed by atoms with Crippen molar-refractivity contribution in [2.45, 2.75) is 25.7 Å². The summed E-state index contributed by atoms with van der Waals surface area (Å²) in [6.07, 6.45) is 5.32. The molecule has 3 aromatic rings. The predicted octanol–water partition coefficient (Wildman–Crippen LogP) is 2.28. The summed E-state index contributed by atoms with van der Waals surface area (Å²) in [5.74, 6) is 0.651. The number of nitrogens with one attached hydrogen (secondary N) is 1. The number of aryl methyl sites for hydroxylation is 1. The summed E-state index contributed by atoms with van der Waals surface area (Å²) in [4.78, 5) is 34.0. The van der Waals surface area contributed by atoms with Crippen LogP contribution in [0.25, 0.3) is 5.69 Å². The first-order valence-corrected chi connectivity index (χ1v) is 9.08. The molecule has 1 saturated heterocycles. The normalized spacial score (nSPS) is 17.1. The minimum absolute atomic E-state index is 0.0210. The summed E-state index contributed by atoms with van der Waals surface area (Å²) in [7, 11) is 0. The van der Waals surface area contributed by atoms with Crippen LogP contribution in [0.1, 0.15) is 40.6 Å². The van der Waals surface area contributed by atoms with E-state index in [2.05, 4.69) is 15.1 Å². The topological polar surface area (TPSA) is 83.9 Å². The lowest BCUT2D eigenvalue weighted by Gasteiger charge is -2.33. The summed E-state index contributed by atoms with van der Waals surface area (Å²) in [5.41, 5.74) is 2.00. The number of benzene rings is 1. The highest BCUT2D eigenvalue weighted by atomic mass is 16.2. The number of amides is 1. The quantitative estimate of drug-likeness (QED) is 0.774. The maximum absolute atomic E-state index is 13.2. The third kappa shape index (κ3) is 3.53. The highest BCUT2D eigenvalue weighted by Gasteiger charge is 2.28. The fraction of sp³-hybridized carbons (Fsp3) is 0.300. The number of carbonyl (C=O) groups excluding carboxylic acids is 1. The van der Waals surface area contributed by atoms with Crippen molar-refractivity contribution in [3.05, 3.63) is 76.2 Å². The van der Waals surface area contributed by atoms with E-state index in [0.29, 0.717) is 24.5 Å². The molecular weight excluding hydrogens is 342 g/mol. The molecule has 0 spiro atoms. The van der Waals surface area contributed by atoms with Crippen LogP contribution in [0.15, 0.2) is 53.6 Å². The SMILES string of the molecule is Cc1nc([C@H]2CCCN(C(=O)c3ccccc3-n3cccn3)C2)cc(=O)[nH]1. The molecule has 1 fully saturated rings. The van der Waals surface area contributed by atoms with Gasteiger partial charge in [-0.05, 0) is 38.0 Å². The fourth-order valence-electron chi connectivity index (χ4n) is 3.65. The lowest BCUT2D eigenvalue weighted by molar-refractivity contribution is 0.0705. The van der Waals surface area contributed by atoms with Crippen LogP contribution >= 0.6 is 0 Å². The maximum Gasteiger partial charge on any atom is 0.256 e. The fourth-order valence-corrected chi connectivity index (χ4v) is 3.65. The summed E-state index contributed by atoms with van der Waals surface area (Å²) in [6, 6.07) is 10.9. The molecule has 7 nitrogen and oxygen atoms in total. The van der Waals surface area contributed by atoms with Crippen molar-refractivity contribution < 1.29 is 4.79 Å². The molecule has 1 aliphatic heterocycles. The minimum Gasteiger partial charge on any atom is -0.338 e. The van der Waals surface area contributed by atoms with Crippen molar-refractivity contribution in [2.24, 2.45) is 0 Å². The number of H-pyrrole nitrogens is 1. The van der Waals surface area contributed by atoms with Crippen molar-refractivity contribution >= 4 is 5.91 Å². The zero-order valence-corrected chi connectivity index (χ0v) is 15.1. The molecule has 1 N–H and O–H groups in total. The summed E-state index contributed by atoms with van der Waals surface area (Å²) < 4.78 is 1.70. The number of carbonyl (C=O) groups is 1. The van der Waals surface area contributed by atoms with Crippen molar-refractivity contribution in [3.63, 3.8) is 0 Å². The van der Waals surface area contributed by atoms with E-state index in [1.807, 2.05) is 41.4 Å². The highest BCUT2D eigenvalue weighted by molar-refractivity contribution is 5.97. The Balaban J connectivity index is 1.61. The molecule has 0 unspecified atom stereocenters. The van der Waals surface area contributed by atoms with E-state index in [9.17, 15) is 9.59 Å². The number of piperidine rings is 1. The average Bonchev–Trinajstić information content (AvgIpc) is 3.21. The van der Waals surface area contributed by atoms with Gasteiger partial charge >= 0.3 is 0 Å². The van der Waals surface area contributed by atoms with Gasteiger partial charge in [-0.1, -0.05) is 12.1 Å². The van der Waals surface area contributed by atoms with Crippen LogP contribution in [0.3, 0.4) is 0 Å². The van der Waals surface area contributed by atoms with Crippen molar-refractivity contribution in [1.82, 2.24) is 24.6 Å². The second kappa shape index (κ2) is 7.19. The van der Waals surface area contributed by atoms with E-state index >= 15 is 0 Å². The Morgan fingerprint density at radius 1 is 1.26 bits per heavy atom. The zero-order valence-electron chi connectivity index (χ0n) is 15.1. The second-order valence-electron chi connectivity index (χ2n) is 6.81. The molecule has 27 heavy (non-hydrogen) atoms. The van der Waals surface area contributed by atoms with Gasteiger partial charge in [-0.15, -0.1) is 0 Å². The number of rotatable bonds is 3. The number of hydrogen-bond acceptors (Lipinski definition) is 4. The van der Waals surface area contributed by atoms with Gasteiger partial charge < -0.3 is 9.88 Å². The molecule has 0 aliphatic carbocycles. The molecular formula is C20H21N5O2. The molecule has 3 heterocycles. The first-order chi connectivity index (χ1) is 13.1. The Kier molecular flexibility index (Phi) is 4.58. The van der Waals surface area contributed by atoms with Crippen LogP contribution in [0.4, 0.5) is 0 Å². The van der Waals surface area contributed by atoms with Gasteiger partial charge in [0.1, 0.15) is 5.82 Å². The average molecular weight is 363 g/mol. The van der Waals surface area contributed by atoms with E-state index in [1.165, 1.54) is 0 Å². The van der Waals surface area contributed by atoms with Gasteiger partial charge in [0.2, 0.25) is 0 Å². The van der Waals surface area contributed by atoms with Gasteiger partial charge in [-0.2, -0.15) is 5.10 Å². The van der Waals surface area contributed by atoms with Gasteiger partial charge in [0.15, 0.2) is 0 Å². The third-order valence-electron chi connectivity index (χ3n) is 4.89. The first-order valence-electron chi connectivity index (χ1n) is 9.08. The largest absolute Gasteiger partial charge is 0.338 e. The first kappa shape index (κ1) is 17.2. The molecule has 0 radical (unpaired) electrons. The molecule has 2 aromatic heterocycles. The van der Waals surface area contributed by atoms with Crippen LogP contribution < -0.4 is 5.56 Å². The summed E-state index contributed by atoms with van der Waals surface area (Å²) >= 11 is 0. The molecule has 7 heteroatoms. The van der Waals surface area contributed by atoms with Crippen LogP contribution in [0, 0.1) is 6.92 Å². The molecule has 0 bridgehead atoms. The molecule has 138 valence electrons. The van der Waals surface area contributed by atoms with Gasteiger partial charge in [0, 0.05) is 37.5 Å². The van der Waals surface area contributed by atoms with Crippen molar-refractivity contribution in [1.29, 1.82) is 0 Å². The number of nitrogens with zero attached hydrogens (tertiary/aromatic N) is 4. The van der Waals surface area contributed by atoms with Crippen molar-refractivity contribution in [2.75, 3.05) is 13.1 Å². The second-order valence-corrected chi connectivity index (χ2v) is 6.81. The Morgan fingerprint density at radius 2 is 2.11 bits per heavy atom. The number of para-hydroxylation sites is 1. The number of likely N-dealkylation sites (tertiary alicyclic amines) is 1. The lowest BCUT2D eigenvalue weighted by atomic mass is 9.94. The molecule has 0 saturated carbocycles. The monoisotopic (exact) mass is 363 g/mol. The van der Waals surface area contributed by atoms with Crippen molar-refractivity contribution in [3.8, 4) is 5.69 Å². The Labute approximate surface area is 156 Å². The number of aromatic amines is 1. The summed E-state index contributed by atoms with van der Waals surface area (Å²) in [6.45, 7) is 3.03. The van der Waals surface area contributed by atoms with Crippen LogP contribution in [0.5, 0.6) is 0 Å². The van der Waals surface area contributed by atoms with Crippen LogP contribution in [-0.4, -0.2) is 43.6 Å².